The molecule has 0 radical (unpaired) electrons. The lowest BCUT2D eigenvalue weighted by Crippen LogP contribution is -2.05. The average molecular weight is 206 g/mol. The predicted molar refractivity (Wildman–Crippen MR) is 55.0 cm³/mol. The van der Waals surface area contributed by atoms with Gasteiger partial charge in [0.15, 0.2) is 0 Å². The van der Waals surface area contributed by atoms with Crippen molar-refractivity contribution < 1.29 is 14.3 Å². The summed E-state index contributed by atoms with van der Waals surface area (Å²) in [6.07, 6.45) is 1.92. The summed E-state index contributed by atoms with van der Waals surface area (Å²) >= 11 is 0. The molecule has 15 heavy (non-hydrogen) atoms. The minimum absolute atomic E-state index is 0.0704. The molecule has 1 aliphatic carbocycles. The van der Waals surface area contributed by atoms with E-state index in [9.17, 15) is 9.18 Å². The van der Waals surface area contributed by atoms with Gasteiger partial charge in [0, 0.05) is 5.92 Å². The normalized spacial score (nSPS) is 18.5. The Morgan fingerprint density at radius 1 is 1.53 bits per heavy atom. The number of rotatable bonds is 2. The van der Waals surface area contributed by atoms with Crippen LogP contribution in [0.3, 0.4) is 0 Å². The fraction of sp³-hybridized carbons (Fsp3) is 0.250. The van der Waals surface area contributed by atoms with Crippen LogP contribution in [0, 0.1) is 5.82 Å². The molecule has 0 aliphatic heterocycles. The molecule has 1 aromatic carbocycles. The van der Waals surface area contributed by atoms with Crippen LogP contribution in [0.4, 0.5) is 4.39 Å². The largest absolute Gasteiger partial charge is 0.481 e. The Morgan fingerprint density at radius 2 is 2.27 bits per heavy atom. The molecule has 0 heterocycles. The second kappa shape index (κ2) is 3.50. The van der Waals surface area contributed by atoms with E-state index >= 15 is 0 Å². The molecule has 2 nitrogen and oxygen atoms in total. The van der Waals surface area contributed by atoms with Gasteiger partial charge in [0.1, 0.15) is 5.82 Å². The van der Waals surface area contributed by atoms with Gasteiger partial charge in [0.25, 0.3) is 0 Å². The Bertz CT molecular complexity index is 449. The number of benzene rings is 1. The number of hydrogen-bond acceptors (Lipinski definition) is 1. The second-order valence-corrected chi connectivity index (χ2v) is 3.81. The zero-order valence-electron chi connectivity index (χ0n) is 8.33. The molecule has 1 aromatic rings. The maximum Gasteiger partial charge on any atom is 0.304 e. The lowest BCUT2D eigenvalue weighted by atomic mass is 9.93. The van der Waals surface area contributed by atoms with E-state index in [0.717, 1.165) is 16.7 Å². The Morgan fingerprint density at radius 3 is 2.93 bits per heavy atom. The zero-order valence-corrected chi connectivity index (χ0v) is 8.33. The highest BCUT2D eigenvalue weighted by molar-refractivity contribution is 5.74. The van der Waals surface area contributed by atoms with Gasteiger partial charge in [-0.15, -0.1) is 0 Å². The van der Waals surface area contributed by atoms with E-state index in [0.29, 0.717) is 0 Å². The van der Waals surface area contributed by atoms with Crippen LogP contribution in [0.25, 0.3) is 6.08 Å². The molecule has 1 aliphatic rings. The molecule has 0 amide bonds. The van der Waals surface area contributed by atoms with E-state index in [1.807, 2.05) is 13.0 Å². The highest BCUT2D eigenvalue weighted by Crippen LogP contribution is 2.38. The Hall–Kier alpha value is -1.64. The van der Waals surface area contributed by atoms with Crippen LogP contribution in [0.5, 0.6) is 0 Å². The molecule has 0 bridgehead atoms. The topological polar surface area (TPSA) is 37.3 Å². The summed E-state index contributed by atoms with van der Waals surface area (Å²) in [4.78, 5) is 10.7. The van der Waals surface area contributed by atoms with Gasteiger partial charge in [0.2, 0.25) is 0 Å². The summed E-state index contributed by atoms with van der Waals surface area (Å²) in [5.74, 6) is -1.21. The molecule has 1 atom stereocenters. The van der Waals surface area contributed by atoms with Gasteiger partial charge < -0.3 is 5.11 Å². The Kier molecular flexibility index (Phi) is 2.31. The van der Waals surface area contributed by atoms with Gasteiger partial charge in [0.05, 0.1) is 6.42 Å². The lowest BCUT2D eigenvalue weighted by Gasteiger charge is -2.11. The third-order valence-corrected chi connectivity index (χ3v) is 2.74. The average Bonchev–Trinajstić information content (AvgIpc) is 2.41. The summed E-state index contributed by atoms with van der Waals surface area (Å²) in [5, 5.41) is 8.77. The molecule has 2 rings (SSSR count). The quantitative estimate of drug-likeness (QED) is 0.807. The third kappa shape index (κ3) is 1.77. The fourth-order valence-corrected chi connectivity index (χ4v) is 2.02. The molecule has 0 spiro atoms. The van der Waals surface area contributed by atoms with Crippen LogP contribution in [-0.4, -0.2) is 11.1 Å². The number of halogens is 1. The SMILES string of the molecule is CC1=Cc2cc(F)ccc2C1CC(=O)O. The lowest BCUT2D eigenvalue weighted by molar-refractivity contribution is -0.137. The molecule has 0 aromatic heterocycles. The van der Waals surface area contributed by atoms with Crippen LogP contribution < -0.4 is 0 Å². The number of carboxylic acids is 1. The number of hydrogen-bond donors (Lipinski definition) is 1. The number of fused-ring (bicyclic) bond motifs is 1. The summed E-state index contributed by atoms with van der Waals surface area (Å²) in [6.45, 7) is 1.88. The first-order valence-electron chi connectivity index (χ1n) is 4.77. The van der Waals surface area contributed by atoms with Crippen molar-refractivity contribution in [3.05, 3.63) is 40.7 Å². The zero-order chi connectivity index (χ0) is 11.0. The number of carbonyl (C=O) groups is 1. The predicted octanol–water partition coefficient (Wildman–Crippen LogP) is 2.80. The van der Waals surface area contributed by atoms with Crippen molar-refractivity contribution in [3.63, 3.8) is 0 Å². The number of allylic oxidation sites excluding steroid dienone is 1. The van der Waals surface area contributed by atoms with Gasteiger partial charge in [-0.05, 0) is 30.2 Å². The van der Waals surface area contributed by atoms with E-state index in [4.69, 9.17) is 5.11 Å². The first kappa shape index (κ1) is 9.90. The van der Waals surface area contributed by atoms with Crippen molar-refractivity contribution in [1.29, 1.82) is 0 Å². The van der Waals surface area contributed by atoms with Crippen LogP contribution in [0.1, 0.15) is 30.4 Å². The summed E-state index contributed by atoms with van der Waals surface area (Å²) in [7, 11) is 0. The standard InChI is InChI=1S/C12H11FO2/c1-7-4-8-5-9(13)2-3-10(8)11(7)6-12(14)15/h2-5,11H,6H2,1H3,(H,14,15). The van der Waals surface area contributed by atoms with Gasteiger partial charge in [-0.1, -0.05) is 17.7 Å². The van der Waals surface area contributed by atoms with Gasteiger partial charge in [-0.25, -0.2) is 4.39 Å². The van der Waals surface area contributed by atoms with E-state index < -0.39 is 5.97 Å². The summed E-state index contributed by atoms with van der Waals surface area (Å²) in [6, 6.07) is 4.49. The molecule has 0 saturated heterocycles. The maximum atomic E-state index is 12.9. The summed E-state index contributed by atoms with van der Waals surface area (Å²) in [5.41, 5.74) is 2.70. The Balaban J connectivity index is 2.39. The van der Waals surface area contributed by atoms with E-state index in [-0.39, 0.29) is 18.2 Å². The van der Waals surface area contributed by atoms with Crippen LogP contribution in [-0.2, 0) is 4.79 Å². The van der Waals surface area contributed by atoms with Crippen LogP contribution in [0.15, 0.2) is 23.8 Å². The number of carboxylic acid groups (broad SMARTS) is 1. The van der Waals surface area contributed by atoms with Gasteiger partial charge in [-0.2, -0.15) is 0 Å². The highest BCUT2D eigenvalue weighted by atomic mass is 19.1. The highest BCUT2D eigenvalue weighted by Gasteiger charge is 2.24. The van der Waals surface area contributed by atoms with Gasteiger partial charge in [-0.3, -0.25) is 4.79 Å². The van der Waals surface area contributed by atoms with E-state index in [2.05, 4.69) is 0 Å². The number of aliphatic carboxylic acids is 1. The van der Waals surface area contributed by atoms with Gasteiger partial charge >= 0.3 is 5.97 Å². The van der Waals surface area contributed by atoms with E-state index in [1.165, 1.54) is 12.1 Å². The molecule has 1 N–H and O–H groups in total. The molecule has 1 unspecified atom stereocenters. The van der Waals surface area contributed by atoms with Crippen molar-refractivity contribution in [2.24, 2.45) is 0 Å². The van der Waals surface area contributed by atoms with Crippen LogP contribution in [0.2, 0.25) is 0 Å². The third-order valence-electron chi connectivity index (χ3n) is 2.74. The monoisotopic (exact) mass is 206 g/mol. The maximum absolute atomic E-state index is 12.9. The minimum atomic E-state index is -0.829. The minimum Gasteiger partial charge on any atom is -0.481 e. The van der Waals surface area contributed by atoms with Crippen LogP contribution >= 0.6 is 0 Å². The summed E-state index contributed by atoms with van der Waals surface area (Å²) < 4.78 is 12.9. The van der Waals surface area contributed by atoms with Crippen molar-refractivity contribution in [3.8, 4) is 0 Å². The molecule has 3 heteroatoms. The fourth-order valence-electron chi connectivity index (χ4n) is 2.02. The Labute approximate surface area is 87.0 Å². The second-order valence-electron chi connectivity index (χ2n) is 3.81. The molecule has 0 saturated carbocycles. The van der Waals surface area contributed by atoms with Crippen molar-refractivity contribution in [2.45, 2.75) is 19.3 Å². The molecule has 78 valence electrons. The molecular formula is C12H11FO2. The van der Waals surface area contributed by atoms with Crippen molar-refractivity contribution in [2.75, 3.05) is 0 Å². The smallest absolute Gasteiger partial charge is 0.304 e. The van der Waals surface area contributed by atoms with Crippen molar-refractivity contribution >= 4 is 12.0 Å². The van der Waals surface area contributed by atoms with Crippen molar-refractivity contribution in [1.82, 2.24) is 0 Å². The molecular weight excluding hydrogens is 195 g/mol. The first-order valence-corrected chi connectivity index (χ1v) is 4.77. The van der Waals surface area contributed by atoms with E-state index in [1.54, 1.807) is 6.07 Å². The first-order chi connectivity index (χ1) is 7.08. The molecule has 0 fully saturated rings.